The number of nitrogens with one attached hydrogen (secondary N) is 1. The van der Waals surface area contributed by atoms with E-state index in [4.69, 9.17) is 4.74 Å². The van der Waals surface area contributed by atoms with Gasteiger partial charge in [-0.2, -0.15) is 4.98 Å². The van der Waals surface area contributed by atoms with Gasteiger partial charge in [0.25, 0.3) is 0 Å². The average molecular weight is 261 g/mol. The maximum atomic E-state index is 13.0. The Morgan fingerprint density at radius 3 is 2.84 bits per heavy atom. The van der Waals surface area contributed by atoms with Crippen molar-refractivity contribution in [1.82, 2.24) is 9.97 Å². The van der Waals surface area contributed by atoms with E-state index in [1.165, 1.54) is 12.1 Å². The quantitative estimate of drug-likeness (QED) is 0.898. The third kappa shape index (κ3) is 3.91. The molecule has 1 aromatic heterocycles. The summed E-state index contributed by atoms with van der Waals surface area (Å²) >= 11 is 0. The molecule has 1 aromatic carbocycles. The number of benzene rings is 1. The lowest BCUT2D eigenvalue weighted by Crippen LogP contribution is -2.08. The van der Waals surface area contributed by atoms with Gasteiger partial charge in [-0.1, -0.05) is 12.1 Å². The fourth-order valence-electron chi connectivity index (χ4n) is 1.76. The smallest absolute Gasteiger partial charge is 0.218 e. The number of hydrogen-bond acceptors (Lipinski definition) is 4. The van der Waals surface area contributed by atoms with E-state index >= 15 is 0 Å². The molecule has 0 saturated carbocycles. The van der Waals surface area contributed by atoms with E-state index in [2.05, 4.69) is 15.3 Å². The second-order valence-electron chi connectivity index (χ2n) is 4.15. The molecule has 0 bridgehead atoms. The number of aromatic nitrogens is 2. The zero-order chi connectivity index (χ0) is 13.7. The van der Waals surface area contributed by atoms with Crippen molar-refractivity contribution >= 4 is 5.82 Å². The first-order valence-electron chi connectivity index (χ1n) is 6.05. The van der Waals surface area contributed by atoms with Crippen molar-refractivity contribution in [1.29, 1.82) is 0 Å². The van der Waals surface area contributed by atoms with Crippen molar-refractivity contribution < 1.29 is 9.13 Å². The van der Waals surface area contributed by atoms with Crippen molar-refractivity contribution in [3.8, 4) is 5.88 Å². The molecule has 1 N–H and O–H groups in total. The highest BCUT2D eigenvalue weighted by atomic mass is 19.1. The third-order valence-corrected chi connectivity index (χ3v) is 2.63. The molecule has 0 aliphatic carbocycles. The van der Waals surface area contributed by atoms with Crippen LogP contribution in [0.15, 0.2) is 30.3 Å². The molecule has 100 valence electrons. The Morgan fingerprint density at radius 1 is 1.26 bits per heavy atom. The summed E-state index contributed by atoms with van der Waals surface area (Å²) in [6.45, 7) is 2.48. The number of halogens is 1. The number of methoxy groups -OCH3 is 1. The predicted octanol–water partition coefficient (Wildman–Crippen LogP) is 2.59. The molecule has 0 saturated heterocycles. The summed E-state index contributed by atoms with van der Waals surface area (Å²) in [5.41, 5.74) is 0.949. The summed E-state index contributed by atoms with van der Waals surface area (Å²) < 4.78 is 18.1. The molecule has 1 heterocycles. The summed E-state index contributed by atoms with van der Waals surface area (Å²) in [5, 5.41) is 3.17. The molecule has 0 aliphatic rings. The zero-order valence-corrected chi connectivity index (χ0v) is 11.0. The van der Waals surface area contributed by atoms with Crippen LogP contribution in [-0.2, 0) is 6.42 Å². The number of hydrogen-bond donors (Lipinski definition) is 1. The van der Waals surface area contributed by atoms with Crippen molar-refractivity contribution in [3.63, 3.8) is 0 Å². The summed E-state index contributed by atoms with van der Waals surface area (Å²) in [6.07, 6.45) is 0.725. The van der Waals surface area contributed by atoms with Gasteiger partial charge in [-0.15, -0.1) is 0 Å². The van der Waals surface area contributed by atoms with E-state index in [1.54, 1.807) is 26.2 Å². The second-order valence-corrected chi connectivity index (χ2v) is 4.15. The Balaban J connectivity index is 1.94. The number of aryl methyl sites for hydroxylation is 1. The standard InChI is InChI=1S/C14H16FN3O/c1-10-17-13(9-14(18-10)19-2)16-7-6-11-4-3-5-12(15)8-11/h3-5,8-9H,6-7H2,1-2H3,(H,16,17,18). The molecule has 2 rings (SSSR count). The van der Waals surface area contributed by atoms with Crippen LogP contribution in [0.5, 0.6) is 5.88 Å². The van der Waals surface area contributed by atoms with Crippen LogP contribution < -0.4 is 10.1 Å². The summed E-state index contributed by atoms with van der Waals surface area (Å²) in [5.74, 6) is 1.67. The minimum atomic E-state index is -0.211. The molecule has 0 amide bonds. The summed E-state index contributed by atoms with van der Waals surface area (Å²) in [7, 11) is 1.57. The molecular weight excluding hydrogens is 245 g/mol. The molecule has 0 unspecified atom stereocenters. The fourth-order valence-corrected chi connectivity index (χ4v) is 1.76. The van der Waals surface area contributed by atoms with E-state index in [9.17, 15) is 4.39 Å². The zero-order valence-electron chi connectivity index (χ0n) is 11.0. The lowest BCUT2D eigenvalue weighted by molar-refractivity contribution is 0.396. The van der Waals surface area contributed by atoms with Gasteiger partial charge in [0, 0.05) is 12.6 Å². The van der Waals surface area contributed by atoms with Crippen molar-refractivity contribution in [2.75, 3.05) is 19.0 Å². The Hall–Kier alpha value is -2.17. The Kier molecular flexibility index (Phi) is 4.28. The highest BCUT2D eigenvalue weighted by molar-refractivity contribution is 5.38. The first-order chi connectivity index (χ1) is 9.17. The number of anilines is 1. The molecule has 0 spiro atoms. The van der Waals surface area contributed by atoms with Crippen LogP contribution in [0.25, 0.3) is 0 Å². The van der Waals surface area contributed by atoms with E-state index in [0.717, 1.165) is 12.0 Å². The van der Waals surface area contributed by atoms with Crippen LogP contribution >= 0.6 is 0 Å². The van der Waals surface area contributed by atoms with Gasteiger partial charge in [0.15, 0.2) is 0 Å². The van der Waals surface area contributed by atoms with E-state index in [0.29, 0.717) is 24.1 Å². The molecule has 0 atom stereocenters. The molecule has 2 aromatic rings. The summed E-state index contributed by atoms with van der Waals surface area (Å²) in [6, 6.07) is 8.32. The minimum Gasteiger partial charge on any atom is -0.481 e. The Bertz CT molecular complexity index is 560. The van der Waals surface area contributed by atoms with Crippen molar-refractivity contribution in [2.24, 2.45) is 0 Å². The topological polar surface area (TPSA) is 47.0 Å². The van der Waals surface area contributed by atoms with Gasteiger partial charge >= 0.3 is 0 Å². The largest absolute Gasteiger partial charge is 0.481 e. The van der Waals surface area contributed by atoms with Gasteiger partial charge in [0.05, 0.1) is 7.11 Å². The van der Waals surface area contributed by atoms with Crippen LogP contribution in [0.2, 0.25) is 0 Å². The molecule has 19 heavy (non-hydrogen) atoms. The van der Waals surface area contributed by atoms with Gasteiger partial charge in [-0.25, -0.2) is 9.37 Å². The molecule has 0 aliphatic heterocycles. The highest BCUT2D eigenvalue weighted by Crippen LogP contribution is 2.12. The lowest BCUT2D eigenvalue weighted by Gasteiger charge is -2.08. The SMILES string of the molecule is COc1cc(NCCc2cccc(F)c2)nc(C)n1. The number of rotatable bonds is 5. The van der Waals surface area contributed by atoms with Gasteiger partial charge in [0.2, 0.25) is 5.88 Å². The molecule has 5 heteroatoms. The van der Waals surface area contributed by atoms with Gasteiger partial charge in [-0.3, -0.25) is 0 Å². The molecule has 4 nitrogen and oxygen atoms in total. The normalized spacial score (nSPS) is 10.3. The van der Waals surface area contributed by atoms with Crippen LogP contribution in [0.4, 0.5) is 10.2 Å². The number of ether oxygens (including phenoxy) is 1. The monoisotopic (exact) mass is 261 g/mol. The second kappa shape index (κ2) is 6.13. The van der Waals surface area contributed by atoms with Crippen LogP contribution in [-0.4, -0.2) is 23.6 Å². The Morgan fingerprint density at radius 2 is 2.11 bits per heavy atom. The van der Waals surface area contributed by atoms with Crippen molar-refractivity contribution in [2.45, 2.75) is 13.3 Å². The first-order valence-corrected chi connectivity index (χ1v) is 6.05. The molecular formula is C14H16FN3O. The average Bonchev–Trinajstić information content (AvgIpc) is 2.38. The Labute approximate surface area is 111 Å². The predicted molar refractivity (Wildman–Crippen MR) is 71.9 cm³/mol. The molecule has 0 fully saturated rings. The third-order valence-electron chi connectivity index (χ3n) is 2.63. The van der Waals surface area contributed by atoms with Gasteiger partial charge in [0.1, 0.15) is 17.5 Å². The first kappa shape index (κ1) is 13.3. The fraction of sp³-hybridized carbons (Fsp3) is 0.286. The highest BCUT2D eigenvalue weighted by Gasteiger charge is 2.01. The van der Waals surface area contributed by atoms with E-state index in [1.807, 2.05) is 6.07 Å². The maximum absolute atomic E-state index is 13.0. The van der Waals surface area contributed by atoms with E-state index < -0.39 is 0 Å². The maximum Gasteiger partial charge on any atom is 0.218 e. The van der Waals surface area contributed by atoms with Gasteiger partial charge < -0.3 is 10.1 Å². The molecule has 0 radical (unpaired) electrons. The van der Waals surface area contributed by atoms with Crippen LogP contribution in [0.1, 0.15) is 11.4 Å². The lowest BCUT2D eigenvalue weighted by atomic mass is 10.1. The van der Waals surface area contributed by atoms with Crippen LogP contribution in [0, 0.1) is 12.7 Å². The van der Waals surface area contributed by atoms with Gasteiger partial charge in [-0.05, 0) is 31.0 Å². The number of nitrogens with zero attached hydrogens (tertiary/aromatic N) is 2. The van der Waals surface area contributed by atoms with E-state index in [-0.39, 0.29) is 5.82 Å². The van der Waals surface area contributed by atoms with Crippen LogP contribution in [0.3, 0.4) is 0 Å². The minimum absolute atomic E-state index is 0.211. The van der Waals surface area contributed by atoms with Crippen molar-refractivity contribution in [3.05, 3.63) is 47.5 Å². The summed E-state index contributed by atoms with van der Waals surface area (Å²) in [4.78, 5) is 8.36.